The number of hydrogen-bond donors (Lipinski definition) is 0. The lowest BCUT2D eigenvalue weighted by molar-refractivity contribution is -0.119. The van der Waals surface area contributed by atoms with E-state index in [0.29, 0.717) is 18.6 Å². The van der Waals surface area contributed by atoms with Gasteiger partial charge in [0.2, 0.25) is 11.9 Å². The van der Waals surface area contributed by atoms with E-state index in [9.17, 15) is 4.79 Å². The van der Waals surface area contributed by atoms with Gasteiger partial charge in [-0.2, -0.15) is 0 Å². The van der Waals surface area contributed by atoms with E-state index < -0.39 is 0 Å². The fourth-order valence-electron chi connectivity index (χ4n) is 4.34. The fraction of sp³-hybridized carbons (Fsp3) is 0.524. The zero-order valence-electron chi connectivity index (χ0n) is 15.5. The Labute approximate surface area is 154 Å². The van der Waals surface area contributed by atoms with Crippen LogP contribution in [0.15, 0.2) is 24.8 Å². The number of piperidine rings is 1. The molecule has 4 rings (SSSR count). The van der Waals surface area contributed by atoms with Crippen molar-refractivity contribution in [3.8, 4) is 0 Å². The van der Waals surface area contributed by atoms with Gasteiger partial charge >= 0.3 is 0 Å². The van der Waals surface area contributed by atoms with Gasteiger partial charge in [0.15, 0.2) is 0 Å². The number of carbonyl (C=O) groups is 1. The van der Waals surface area contributed by atoms with Crippen LogP contribution >= 0.6 is 0 Å². The van der Waals surface area contributed by atoms with Crippen LogP contribution in [0.5, 0.6) is 0 Å². The van der Waals surface area contributed by atoms with Crippen molar-refractivity contribution < 1.29 is 9.53 Å². The molecule has 1 aromatic heterocycles. The van der Waals surface area contributed by atoms with E-state index in [2.05, 4.69) is 29.3 Å². The number of fused-ring (bicyclic) bond motifs is 1. The first-order valence-corrected chi connectivity index (χ1v) is 9.69. The first kappa shape index (κ1) is 17.3. The maximum atomic E-state index is 12.6. The van der Waals surface area contributed by atoms with E-state index in [1.54, 1.807) is 7.11 Å². The van der Waals surface area contributed by atoms with Gasteiger partial charge in [-0.15, -0.1) is 0 Å². The second-order valence-corrected chi connectivity index (χ2v) is 7.40. The van der Waals surface area contributed by atoms with Gasteiger partial charge in [0.1, 0.15) is 0 Å². The minimum absolute atomic E-state index is 0.197. The Bertz CT molecular complexity index is 818. The molecule has 5 heteroatoms. The summed E-state index contributed by atoms with van der Waals surface area (Å²) in [5, 5.41) is 0. The molecule has 0 spiro atoms. The standard InChI is InChI=1S/C21H27N3O2/c1-3-15-7-12-19-18(14-15)22-21(23-13-5-4-6-20(23)25)24(19)16-8-10-17(26-2)11-9-16/h3,7,12,14,16-17H,1,4-6,8-11,13H2,2H3/t16-,17-. The zero-order valence-corrected chi connectivity index (χ0v) is 15.5. The van der Waals surface area contributed by atoms with E-state index in [4.69, 9.17) is 9.72 Å². The number of imidazole rings is 1. The lowest BCUT2D eigenvalue weighted by Crippen LogP contribution is -2.38. The number of anilines is 1. The van der Waals surface area contributed by atoms with Crippen LogP contribution in [0.2, 0.25) is 0 Å². The average molecular weight is 353 g/mol. The van der Waals surface area contributed by atoms with Gasteiger partial charge < -0.3 is 9.30 Å². The first-order valence-electron chi connectivity index (χ1n) is 9.69. The highest BCUT2D eigenvalue weighted by atomic mass is 16.5. The Morgan fingerprint density at radius 2 is 2.04 bits per heavy atom. The van der Waals surface area contributed by atoms with Crippen molar-refractivity contribution in [1.29, 1.82) is 0 Å². The molecule has 1 aliphatic heterocycles. The van der Waals surface area contributed by atoms with Crippen LogP contribution in [0.3, 0.4) is 0 Å². The Hall–Kier alpha value is -2.14. The largest absolute Gasteiger partial charge is 0.381 e. The van der Waals surface area contributed by atoms with Crippen molar-refractivity contribution in [1.82, 2.24) is 9.55 Å². The van der Waals surface area contributed by atoms with E-state index in [1.807, 2.05) is 11.0 Å². The lowest BCUT2D eigenvalue weighted by Gasteiger charge is -2.33. The number of ether oxygens (including phenoxy) is 1. The molecule has 5 nitrogen and oxygen atoms in total. The lowest BCUT2D eigenvalue weighted by atomic mass is 9.92. The summed E-state index contributed by atoms with van der Waals surface area (Å²) >= 11 is 0. The van der Waals surface area contributed by atoms with Gasteiger partial charge in [-0.1, -0.05) is 18.7 Å². The third-order valence-corrected chi connectivity index (χ3v) is 5.84. The molecule has 0 atom stereocenters. The van der Waals surface area contributed by atoms with E-state index >= 15 is 0 Å². The molecule has 1 saturated carbocycles. The maximum Gasteiger partial charge on any atom is 0.229 e. The number of rotatable bonds is 4. The number of aromatic nitrogens is 2. The quantitative estimate of drug-likeness (QED) is 0.822. The van der Waals surface area contributed by atoms with E-state index in [1.165, 1.54) is 0 Å². The van der Waals surface area contributed by atoms with Crippen molar-refractivity contribution in [2.45, 2.75) is 57.1 Å². The molecule has 0 radical (unpaired) electrons. The van der Waals surface area contributed by atoms with Crippen LogP contribution in [0.4, 0.5) is 5.95 Å². The second kappa shape index (κ2) is 7.23. The van der Waals surface area contributed by atoms with Crippen molar-refractivity contribution in [2.24, 2.45) is 0 Å². The van der Waals surface area contributed by atoms with Crippen LogP contribution in [0.25, 0.3) is 17.1 Å². The summed E-state index contributed by atoms with van der Waals surface area (Å²) in [6, 6.07) is 6.64. The van der Waals surface area contributed by atoms with Crippen LogP contribution in [0, 0.1) is 0 Å². The average Bonchev–Trinajstić information content (AvgIpc) is 3.06. The van der Waals surface area contributed by atoms with Crippen molar-refractivity contribution in [3.63, 3.8) is 0 Å². The van der Waals surface area contributed by atoms with Crippen molar-refractivity contribution >= 4 is 29.0 Å². The third-order valence-electron chi connectivity index (χ3n) is 5.84. The summed E-state index contributed by atoms with van der Waals surface area (Å²) in [7, 11) is 1.80. The molecule has 0 unspecified atom stereocenters. The number of amides is 1. The van der Waals surface area contributed by atoms with Gasteiger partial charge in [0.25, 0.3) is 0 Å². The van der Waals surface area contributed by atoms with Gasteiger partial charge in [0.05, 0.1) is 17.1 Å². The summed E-state index contributed by atoms with van der Waals surface area (Å²) < 4.78 is 7.85. The Morgan fingerprint density at radius 1 is 1.23 bits per heavy atom. The molecule has 1 aliphatic carbocycles. The highest BCUT2D eigenvalue weighted by molar-refractivity contribution is 5.94. The summed E-state index contributed by atoms with van der Waals surface area (Å²) in [5.41, 5.74) is 3.12. The molecule has 1 saturated heterocycles. The fourth-order valence-corrected chi connectivity index (χ4v) is 4.34. The molecule has 2 aromatic rings. The van der Waals surface area contributed by atoms with E-state index in [-0.39, 0.29) is 5.91 Å². The van der Waals surface area contributed by atoms with Gasteiger partial charge in [-0.25, -0.2) is 4.98 Å². The molecule has 2 aliphatic rings. The molecular formula is C21H27N3O2. The molecule has 138 valence electrons. The predicted octanol–water partition coefficient (Wildman–Crippen LogP) is 4.33. The number of carbonyl (C=O) groups excluding carboxylic acids is 1. The minimum atomic E-state index is 0.197. The van der Waals surface area contributed by atoms with E-state index in [0.717, 1.165) is 67.6 Å². The summed E-state index contributed by atoms with van der Waals surface area (Å²) in [4.78, 5) is 19.4. The topological polar surface area (TPSA) is 47.4 Å². The summed E-state index contributed by atoms with van der Waals surface area (Å²) in [6.45, 7) is 4.63. The monoisotopic (exact) mass is 353 g/mol. The Balaban J connectivity index is 1.78. The molecule has 2 fully saturated rings. The predicted molar refractivity (Wildman–Crippen MR) is 104 cm³/mol. The summed E-state index contributed by atoms with van der Waals surface area (Å²) in [6.07, 6.45) is 9.07. The SMILES string of the molecule is C=Cc1ccc2c(c1)nc(N1CCCCC1=O)n2[C@H]1CC[C@H](OC)CC1. The highest BCUT2D eigenvalue weighted by Gasteiger charge is 2.30. The Kier molecular flexibility index (Phi) is 4.81. The number of benzene rings is 1. The molecular weight excluding hydrogens is 326 g/mol. The zero-order chi connectivity index (χ0) is 18.1. The molecule has 2 heterocycles. The maximum absolute atomic E-state index is 12.6. The van der Waals surface area contributed by atoms with Crippen LogP contribution in [0.1, 0.15) is 56.6 Å². The number of nitrogens with zero attached hydrogens (tertiary/aromatic N) is 3. The van der Waals surface area contributed by atoms with Crippen molar-refractivity contribution in [3.05, 3.63) is 30.3 Å². The van der Waals surface area contributed by atoms with Crippen molar-refractivity contribution in [2.75, 3.05) is 18.6 Å². The summed E-state index contributed by atoms with van der Waals surface area (Å²) in [5.74, 6) is 1.02. The minimum Gasteiger partial charge on any atom is -0.381 e. The third kappa shape index (κ3) is 3.05. The number of hydrogen-bond acceptors (Lipinski definition) is 3. The van der Waals surface area contributed by atoms with Gasteiger partial charge in [-0.3, -0.25) is 9.69 Å². The van der Waals surface area contributed by atoms with Crippen LogP contribution < -0.4 is 4.90 Å². The highest BCUT2D eigenvalue weighted by Crippen LogP contribution is 2.37. The van der Waals surface area contributed by atoms with Crippen LogP contribution in [-0.4, -0.2) is 35.2 Å². The second-order valence-electron chi connectivity index (χ2n) is 7.40. The molecule has 0 N–H and O–H groups in total. The number of methoxy groups -OCH3 is 1. The molecule has 1 amide bonds. The Morgan fingerprint density at radius 3 is 2.73 bits per heavy atom. The first-order chi connectivity index (χ1) is 12.7. The molecule has 26 heavy (non-hydrogen) atoms. The molecule has 0 bridgehead atoms. The normalized spacial score (nSPS) is 24.2. The van der Waals surface area contributed by atoms with Gasteiger partial charge in [-0.05, 0) is 56.2 Å². The van der Waals surface area contributed by atoms with Gasteiger partial charge in [0, 0.05) is 26.1 Å². The smallest absolute Gasteiger partial charge is 0.229 e. The molecule has 1 aromatic carbocycles. The van der Waals surface area contributed by atoms with Crippen LogP contribution in [-0.2, 0) is 9.53 Å².